The van der Waals surface area contributed by atoms with Crippen molar-refractivity contribution < 1.29 is 22.3 Å². The van der Waals surface area contributed by atoms with Gasteiger partial charge in [-0.25, -0.2) is 12.8 Å². The Morgan fingerprint density at radius 1 is 1.18 bits per heavy atom. The molecule has 0 bridgehead atoms. The third-order valence-electron chi connectivity index (χ3n) is 5.76. The summed E-state index contributed by atoms with van der Waals surface area (Å²) in [5.74, 6) is -0.240. The number of nitrogens with zero attached hydrogens (tertiary/aromatic N) is 2. The lowest BCUT2D eigenvalue weighted by Crippen LogP contribution is -2.46. The van der Waals surface area contributed by atoms with Crippen LogP contribution in [0.5, 0.6) is 5.75 Å². The average molecular weight is 484 g/mol. The van der Waals surface area contributed by atoms with Crippen molar-refractivity contribution in [3.8, 4) is 5.75 Å². The van der Waals surface area contributed by atoms with Crippen LogP contribution in [0, 0.1) is 5.82 Å². The van der Waals surface area contributed by atoms with Crippen LogP contribution in [0.3, 0.4) is 0 Å². The van der Waals surface area contributed by atoms with E-state index in [1.54, 1.807) is 6.20 Å². The fraction of sp³-hybridized carbons (Fsp3) is 0.280. The number of halogens is 1. The second-order valence-electron chi connectivity index (χ2n) is 8.14. The van der Waals surface area contributed by atoms with Gasteiger partial charge in [-0.1, -0.05) is 18.2 Å². The number of hydrogen-bond acceptors (Lipinski definition) is 5. The Morgan fingerprint density at radius 2 is 1.97 bits per heavy atom. The average Bonchev–Trinajstić information content (AvgIpc) is 3.35. The van der Waals surface area contributed by atoms with Gasteiger partial charge in [0, 0.05) is 12.7 Å². The number of ether oxygens (including phenoxy) is 1. The molecule has 2 unspecified atom stereocenters. The van der Waals surface area contributed by atoms with Crippen molar-refractivity contribution in [3.05, 3.63) is 90.0 Å². The molecule has 2 atom stereocenters. The van der Waals surface area contributed by atoms with Gasteiger partial charge in [0.05, 0.1) is 16.6 Å². The maximum Gasteiger partial charge on any atom is 0.243 e. The van der Waals surface area contributed by atoms with Crippen molar-refractivity contribution in [2.75, 3.05) is 6.54 Å². The van der Waals surface area contributed by atoms with Crippen LogP contribution in [0.15, 0.2) is 77.8 Å². The zero-order valence-corrected chi connectivity index (χ0v) is 19.5. The fourth-order valence-corrected chi connectivity index (χ4v) is 5.60. The molecule has 0 spiro atoms. The highest BCUT2D eigenvalue weighted by atomic mass is 32.2. The molecular formula is C25H26FN3O4S. The number of nitrogens with one attached hydrogen (secondary N) is 1. The van der Waals surface area contributed by atoms with E-state index >= 15 is 0 Å². The minimum absolute atomic E-state index is 0.0283. The third kappa shape index (κ3) is 5.43. The predicted molar refractivity (Wildman–Crippen MR) is 125 cm³/mol. The fourth-order valence-electron chi connectivity index (χ4n) is 3.94. The minimum atomic E-state index is -3.91. The van der Waals surface area contributed by atoms with Crippen LogP contribution >= 0.6 is 0 Å². The number of sulfonamides is 1. The lowest BCUT2D eigenvalue weighted by Gasteiger charge is -2.25. The molecule has 3 aromatic rings. The van der Waals surface area contributed by atoms with Gasteiger partial charge in [-0.3, -0.25) is 9.78 Å². The maximum absolute atomic E-state index is 13.2. The molecule has 1 N–H and O–H groups in total. The van der Waals surface area contributed by atoms with E-state index in [0.29, 0.717) is 25.2 Å². The van der Waals surface area contributed by atoms with E-state index in [2.05, 4.69) is 10.3 Å². The van der Waals surface area contributed by atoms with Gasteiger partial charge in [-0.05, 0) is 73.9 Å². The Bertz CT molecular complexity index is 1240. The summed E-state index contributed by atoms with van der Waals surface area (Å²) >= 11 is 0. The lowest BCUT2D eigenvalue weighted by atomic mass is 10.1. The first kappa shape index (κ1) is 23.8. The SMILES string of the molecule is CC(NC(=O)C1CCCN1S(=O)(=O)c1ccc(F)cc1)c1cccc(OCc2ccccn2)c1. The maximum atomic E-state index is 13.2. The highest BCUT2D eigenvalue weighted by Gasteiger charge is 2.39. The molecule has 178 valence electrons. The van der Waals surface area contributed by atoms with E-state index in [-0.39, 0.29) is 23.4 Å². The number of carbonyl (C=O) groups is 1. The summed E-state index contributed by atoms with van der Waals surface area (Å²) in [5, 5.41) is 2.93. The summed E-state index contributed by atoms with van der Waals surface area (Å²) < 4.78 is 46.4. The molecule has 9 heteroatoms. The molecule has 0 aliphatic carbocycles. The van der Waals surface area contributed by atoms with Gasteiger partial charge in [0.1, 0.15) is 24.2 Å². The molecule has 1 amide bonds. The van der Waals surface area contributed by atoms with E-state index < -0.39 is 21.9 Å². The summed E-state index contributed by atoms with van der Waals surface area (Å²) in [5.41, 5.74) is 1.63. The number of rotatable bonds is 8. The first-order valence-electron chi connectivity index (χ1n) is 11.0. The van der Waals surface area contributed by atoms with Crippen molar-refractivity contribution >= 4 is 15.9 Å². The van der Waals surface area contributed by atoms with Gasteiger partial charge >= 0.3 is 0 Å². The normalized spacial score (nSPS) is 17.3. The first-order chi connectivity index (χ1) is 16.3. The number of benzene rings is 2. The first-order valence-corrected chi connectivity index (χ1v) is 12.5. The summed E-state index contributed by atoms with van der Waals surface area (Å²) in [6.07, 6.45) is 2.70. The van der Waals surface area contributed by atoms with Gasteiger partial charge in [-0.2, -0.15) is 4.31 Å². The van der Waals surface area contributed by atoms with Gasteiger partial charge < -0.3 is 10.1 Å². The van der Waals surface area contributed by atoms with Crippen molar-refractivity contribution in [1.82, 2.24) is 14.6 Å². The van der Waals surface area contributed by atoms with E-state index in [9.17, 15) is 17.6 Å². The van der Waals surface area contributed by atoms with Crippen LogP contribution in [0.1, 0.15) is 37.1 Å². The van der Waals surface area contributed by atoms with Crippen molar-refractivity contribution in [1.29, 1.82) is 0 Å². The summed E-state index contributed by atoms with van der Waals surface area (Å²) in [4.78, 5) is 17.3. The monoisotopic (exact) mass is 483 g/mol. The quantitative estimate of drug-likeness (QED) is 0.526. The van der Waals surface area contributed by atoms with Crippen LogP contribution in [-0.4, -0.2) is 36.2 Å². The molecule has 1 aliphatic heterocycles. The predicted octanol–water partition coefficient (Wildman–Crippen LogP) is 3.83. The molecule has 1 saturated heterocycles. The van der Waals surface area contributed by atoms with Gasteiger partial charge in [0.15, 0.2) is 0 Å². The lowest BCUT2D eigenvalue weighted by molar-refractivity contribution is -0.124. The second-order valence-corrected chi connectivity index (χ2v) is 10.0. The molecule has 4 rings (SSSR count). The second kappa shape index (κ2) is 10.3. The van der Waals surface area contributed by atoms with Gasteiger partial charge in [0.25, 0.3) is 0 Å². The number of aromatic nitrogens is 1. The highest BCUT2D eigenvalue weighted by molar-refractivity contribution is 7.89. The zero-order chi connectivity index (χ0) is 24.1. The van der Waals surface area contributed by atoms with Crippen molar-refractivity contribution in [3.63, 3.8) is 0 Å². The van der Waals surface area contributed by atoms with Crippen LogP contribution in [0.25, 0.3) is 0 Å². The molecule has 34 heavy (non-hydrogen) atoms. The molecule has 1 fully saturated rings. The largest absolute Gasteiger partial charge is 0.487 e. The molecule has 7 nitrogen and oxygen atoms in total. The van der Waals surface area contributed by atoms with Gasteiger partial charge in [-0.15, -0.1) is 0 Å². The van der Waals surface area contributed by atoms with Gasteiger partial charge in [0.2, 0.25) is 15.9 Å². The highest BCUT2D eigenvalue weighted by Crippen LogP contribution is 2.27. The van der Waals surface area contributed by atoms with E-state index in [1.165, 1.54) is 16.4 Å². The van der Waals surface area contributed by atoms with Crippen LogP contribution in [0.4, 0.5) is 4.39 Å². The summed E-state index contributed by atoms with van der Waals surface area (Å²) in [6, 6.07) is 16.5. The van der Waals surface area contributed by atoms with Crippen LogP contribution < -0.4 is 10.1 Å². The molecular weight excluding hydrogens is 457 g/mol. The molecule has 2 aromatic carbocycles. The number of pyridine rings is 1. The topological polar surface area (TPSA) is 88.6 Å². The molecule has 0 saturated carbocycles. The van der Waals surface area contributed by atoms with Crippen molar-refractivity contribution in [2.45, 2.75) is 43.4 Å². The van der Waals surface area contributed by atoms with E-state index in [1.807, 2.05) is 49.4 Å². The Balaban J connectivity index is 1.42. The summed E-state index contributed by atoms with van der Waals surface area (Å²) in [7, 11) is -3.91. The van der Waals surface area contributed by atoms with Crippen LogP contribution in [0.2, 0.25) is 0 Å². The number of amides is 1. The Morgan fingerprint density at radius 3 is 2.71 bits per heavy atom. The van der Waals surface area contributed by atoms with Crippen molar-refractivity contribution in [2.24, 2.45) is 0 Å². The summed E-state index contributed by atoms with van der Waals surface area (Å²) in [6.45, 7) is 2.40. The van der Waals surface area contributed by atoms with Crippen LogP contribution in [-0.2, 0) is 21.4 Å². The molecule has 2 heterocycles. The molecule has 1 aromatic heterocycles. The smallest absolute Gasteiger partial charge is 0.243 e. The zero-order valence-electron chi connectivity index (χ0n) is 18.7. The van der Waals surface area contributed by atoms with E-state index in [0.717, 1.165) is 23.4 Å². The Labute approximate surface area is 198 Å². The molecule has 1 aliphatic rings. The standard InChI is InChI=1S/C25H26FN3O4S/c1-18(19-6-4-8-22(16-19)33-17-21-7-2-3-14-27-21)28-25(30)24-9-5-15-29(24)34(31,32)23-12-10-20(26)11-13-23/h2-4,6-8,10-14,16,18,24H,5,9,15,17H2,1H3,(H,28,30). The number of carbonyl (C=O) groups excluding carboxylic acids is 1. The Kier molecular flexibility index (Phi) is 7.23. The number of hydrogen-bond donors (Lipinski definition) is 1. The third-order valence-corrected chi connectivity index (χ3v) is 7.68. The minimum Gasteiger partial charge on any atom is -0.487 e. The van der Waals surface area contributed by atoms with E-state index in [4.69, 9.17) is 4.74 Å². The Hall–Kier alpha value is -3.30. The molecule has 0 radical (unpaired) electrons.